The van der Waals surface area contributed by atoms with E-state index in [1.165, 1.54) is 64.5 Å². The molecule has 5 heteroatoms. The minimum absolute atomic E-state index is 0.0602. The number of fused-ring (bicyclic) bond motifs is 5. The maximum Gasteiger partial charge on any atom is 0.106 e. The quantitative estimate of drug-likeness (QED) is 0.467. The molecule has 5 nitrogen and oxygen atoms in total. The predicted molar refractivity (Wildman–Crippen MR) is 128 cm³/mol. The van der Waals surface area contributed by atoms with Crippen LogP contribution in [-0.2, 0) is 9.57 Å². The Morgan fingerprint density at radius 3 is 2.59 bits per heavy atom. The van der Waals surface area contributed by atoms with E-state index >= 15 is 0 Å². The summed E-state index contributed by atoms with van der Waals surface area (Å²) in [5, 5.41) is 16.3. The molecule has 5 rings (SSSR count). The first-order valence-electron chi connectivity index (χ1n) is 13.5. The van der Waals surface area contributed by atoms with Crippen molar-refractivity contribution in [1.82, 2.24) is 4.90 Å². The summed E-state index contributed by atoms with van der Waals surface area (Å²) in [6.45, 7) is 9.45. The van der Waals surface area contributed by atoms with E-state index < -0.39 is 5.60 Å². The third kappa shape index (κ3) is 3.65. The summed E-state index contributed by atoms with van der Waals surface area (Å²) < 4.78 is 6.41. The fourth-order valence-corrected chi connectivity index (χ4v) is 9.11. The third-order valence-electron chi connectivity index (χ3n) is 11.2. The van der Waals surface area contributed by atoms with Crippen molar-refractivity contribution in [2.45, 2.75) is 96.2 Å². The van der Waals surface area contributed by atoms with E-state index in [1.807, 2.05) is 6.21 Å². The molecule has 0 aromatic rings. The van der Waals surface area contributed by atoms with Crippen molar-refractivity contribution >= 4 is 6.21 Å². The number of likely N-dealkylation sites (tertiary alicyclic amines) is 1. The molecule has 1 aliphatic heterocycles. The Hall–Kier alpha value is -0.650. The molecule has 8 atom stereocenters. The van der Waals surface area contributed by atoms with Crippen LogP contribution in [0.4, 0.5) is 0 Å². The molecular weight excluding hydrogens is 400 g/mol. The molecule has 1 heterocycles. The molecular formula is C27H46N2O3. The largest absolute Gasteiger partial charge is 0.399 e. The van der Waals surface area contributed by atoms with Gasteiger partial charge in [-0.05, 0) is 107 Å². The van der Waals surface area contributed by atoms with Crippen molar-refractivity contribution in [3.63, 3.8) is 0 Å². The monoisotopic (exact) mass is 446 g/mol. The van der Waals surface area contributed by atoms with Gasteiger partial charge in [-0.2, -0.15) is 0 Å². The first-order chi connectivity index (χ1) is 15.4. The van der Waals surface area contributed by atoms with Crippen LogP contribution in [0.25, 0.3) is 0 Å². The maximum atomic E-state index is 12.2. The van der Waals surface area contributed by atoms with Crippen LogP contribution < -0.4 is 0 Å². The highest BCUT2D eigenvalue weighted by Gasteiger charge is 2.67. The average Bonchev–Trinajstić information content (AvgIpc) is 3.38. The highest BCUT2D eigenvalue weighted by atomic mass is 16.6. The van der Waals surface area contributed by atoms with Crippen LogP contribution in [0.1, 0.15) is 84.5 Å². The number of rotatable bonds is 6. The third-order valence-corrected chi connectivity index (χ3v) is 11.2. The normalized spacial score (nSPS) is 49.1. The Kier molecular flexibility index (Phi) is 6.39. The van der Waals surface area contributed by atoms with E-state index in [0.29, 0.717) is 29.3 Å². The number of aliphatic hydroxyl groups is 1. The molecule has 0 aromatic heterocycles. The molecule has 5 aliphatic rings. The van der Waals surface area contributed by atoms with Gasteiger partial charge < -0.3 is 19.6 Å². The first-order valence-corrected chi connectivity index (χ1v) is 13.5. The van der Waals surface area contributed by atoms with E-state index in [0.717, 1.165) is 38.3 Å². The zero-order valence-corrected chi connectivity index (χ0v) is 20.7. The average molecular weight is 447 g/mol. The molecule has 0 amide bonds. The van der Waals surface area contributed by atoms with Gasteiger partial charge >= 0.3 is 0 Å². The van der Waals surface area contributed by atoms with E-state index in [-0.39, 0.29) is 5.41 Å². The molecule has 32 heavy (non-hydrogen) atoms. The fourth-order valence-electron chi connectivity index (χ4n) is 9.11. The summed E-state index contributed by atoms with van der Waals surface area (Å²) in [4.78, 5) is 7.55. The summed E-state index contributed by atoms with van der Waals surface area (Å²) in [6.07, 6.45) is 15.6. The van der Waals surface area contributed by atoms with Crippen molar-refractivity contribution in [1.29, 1.82) is 0 Å². The van der Waals surface area contributed by atoms with Crippen LogP contribution in [0.15, 0.2) is 5.16 Å². The molecule has 182 valence electrons. The van der Waals surface area contributed by atoms with Gasteiger partial charge in [0, 0.05) is 24.1 Å². The van der Waals surface area contributed by atoms with Crippen LogP contribution in [0, 0.1) is 34.5 Å². The zero-order chi connectivity index (χ0) is 22.4. The molecule has 0 aromatic carbocycles. The van der Waals surface area contributed by atoms with E-state index in [1.54, 1.807) is 7.11 Å². The lowest BCUT2D eigenvalue weighted by Gasteiger charge is -2.63. The van der Waals surface area contributed by atoms with Crippen molar-refractivity contribution in [2.24, 2.45) is 39.7 Å². The second kappa shape index (κ2) is 8.85. The van der Waals surface area contributed by atoms with Gasteiger partial charge in [-0.1, -0.05) is 19.0 Å². The van der Waals surface area contributed by atoms with Crippen LogP contribution in [0.5, 0.6) is 0 Å². The second-order valence-electron chi connectivity index (χ2n) is 12.3. The standard InChI is InChI=1S/C27H46N2O3/c1-25-11-9-22(32-17-16-29-14-4-5-15-29)18-20(25)6-7-24-23(25)10-12-26(2)21(19-28-31-3)8-13-27(24,26)30/h19-24,30H,4-18H2,1-3H3/b28-19+/t20-,21-,22+,23+,24-,25+,26-,27+/m1/s1. The molecule has 1 saturated heterocycles. The van der Waals surface area contributed by atoms with Gasteiger partial charge in [0.15, 0.2) is 0 Å². The van der Waals surface area contributed by atoms with Crippen molar-refractivity contribution < 1.29 is 14.7 Å². The van der Waals surface area contributed by atoms with Gasteiger partial charge in [-0.25, -0.2) is 0 Å². The van der Waals surface area contributed by atoms with Crippen LogP contribution in [-0.4, -0.2) is 61.3 Å². The number of oxime groups is 1. The zero-order valence-electron chi connectivity index (χ0n) is 20.7. The Labute approximate surface area is 195 Å². The second-order valence-corrected chi connectivity index (χ2v) is 12.3. The minimum Gasteiger partial charge on any atom is -0.399 e. The van der Waals surface area contributed by atoms with E-state index in [2.05, 4.69) is 23.9 Å². The van der Waals surface area contributed by atoms with E-state index in [4.69, 9.17) is 9.57 Å². The number of ether oxygens (including phenoxy) is 1. The van der Waals surface area contributed by atoms with Gasteiger partial charge in [-0.3, -0.25) is 0 Å². The lowest BCUT2D eigenvalue weighted by molar-refractivity contribution is -0.208. The maximum absolute atomic E-state index is 12.2. The highest BCUT2D eigenvalue weighted by molar-refractivity contribution is 5.62. The Morgan fingerprint density at radius 2 is 1.81 bits per heavy atom. The van der Waals surface area contributed by atoms with Crippen LogP contribution >= 0.6 is 0 Å². The summed E-state index contributed by atoms with van der Waals surface area (Å²) in [5.41, 5.74) is -0.236. The molecule has 0 radical (unpaired) electrons. The Morgan fingerprint density at radius 1 is 1.00 bits per heavy atom. The first kappa shape index (κ1) is 23.1. The lowest BCUT2D eigenvalue weighted by Crippen LogP contribution is -2.62. The number of hydrogen-bond acceptors (Lipinski definition) is 5. The smallest absolute Gasteiger partial charge is 0.106 e. The van der Waals surface area contributed by atoms with E-state index in [9.17, 15) is 5.11 Å². The fraction of sp³-hybridized carbons (Fsp3) is 0.963. The Bertz CT molecular complexity index is 694. The molecule has 4 saturated carbocycles. The van der Waals surface area contributed by atoms with Crippen LogP contribution in [0.3, 0.4) is 0 Å². The molecule has 0 bridgehead atoms. The summed E-state index contributed by atoms with van der Waals surface area (Å²) in [5.74, 6) is 2.19. The SMILES string of the molecule is CO/N=C/[C@H]1CC[C@]2(O)[C@@H]3CC[C@@H]4C[C@@H](OCCN5CCCC5)CC[C@]4(C)[C@H]3CC[C@]12C. The van der Waals surface area contributed by atoms with Gasteiger partial charge in [0.2, 0.25) is 0 Å². The van der Waals surface area contributed by atoms with Crippen LogP contribution in [0.2, 0.25) is 0 Å². The van der Waals surface area contributed by atoms with Gasteiger partial charge in [0.1, 0.15) is 7.11 Å². The van der Waals surface area contributed by atoms with Crippen molar-refractivity contribution in [3.05, 3.63) is 0 Å². The van der Waals surface area contributed by atoms with Crippen molar-refractivity contribution in [2.75, 3.05) is 33.4 Å². The van der Waals surface area contributed by atoms with Gasteiger partial charge in [-0.15, -0.1) is 0 Å². The molecule has 0 unspecified atom stereocenters. The van der Waals surface area contributed by atoms with Crippen molar-refractivity contribution in [3.8, 4) is 0 Å². The number of hydrogen-bond donors (Lipinski definition) is 1. The molecule has 1 N–H and O–H groups in total. The molecule has 5 fully saturated rings. The Balaban J connectivity index is 1.24. The topological polar surface area (TPSA) is 54.3 Å². The summed E-state index contributed by atoms with van der Waals surface area (Å²) >= 11 is 0. The minimum atomic E-state index is -0.544. The number of nitrogens with zero attached hydrogens (tertiary/aromatic N) is 2. The van der Waals surface area contributed by atoms with Gasteiger partial charge in [0.25, 0.3) is 0 Å². The summed E-state index contributed by atoms with van der Waals surface area (Å²) in [7, 11) is 1.62. The molecule has 4 aliphatic carbocycles. The predicted octanol–water partition coefficient (Wildman–Crippen LogP) is 4.87. The lowest BCUT2D eigenvalue weighted by atomic mass is 9.43. The molecule has 0 spiro atoms. The van der Waals surface area contributed by atoms with Gasteiger partial charge in [0.05, 0.1) is 18.3 Å². The summed E-state index contributed by atoms with van der Waals surface area (Å²) in [6, 6.07) is 0. The highest BCUT2D eigenvalue weighted by Crippen LogP contribution is 2.68.